The van der Waals surface area contributed by atoms with Gasteiger partial charge in [-0.05, 0) is 61.9 Å². The van der Waals surface area contributed by atoms with Gasteiger partial charge in [0, 0.05) is 23.6 Å². The number of hydrogen-bond donors (Lipinski definition) is 2. The Morgan fingerprint density at radius 3 is 2.68 bits per heavy atom. The third-order valence-electron chi connectivity index (χ3n) is 5.59. The number of aromatic nitrogens is 4. The van der Waals surface area contributed by atoms with Gasteiger partial charge < -0.3 is 10.4 Å². The molecule has 9 heteroatoms. The van der Waals surface area contributed by atoms with E-state index < -0.39 is 12.4 Å². The van der Waals surface area contributed by atoms with Crippen LogP contribution in [0.1, 0.15) is 49.4 Å². The normalized spacial score (nSPS) is 18.8. The van der Waals surface area contributed by atoms with Crippen LogP contribution < -0.4 is 5.32 Å². The van der Waals surface area contributed by atoms with E-state index in [9.17, 15) is 18.7 Å². The molecular weight excluding hydrogens is 404 g/mol. The number of benzene rings is 1. The molecule has 1 saturated carbocycles. The van der Waals surface area contributed by atoms with Gasteiger partial charge in [0.15, 0.2) is 0 Å². The van der Waals surface area contributed by atoms with E-state index >= 15 is 0 Å². The molecule has 7 nitrogen and oxygen atoms in total. The average molecular weight is 427 g/mol. The van der Waals surface area contributed by atoms with Crippen molar-refractivity contribution < 1.29 is 18.7 Å². The van der Waals surface area contributed by atoms with Crippen molar-refractivity contribution in [3.05, 3.63) is 54.1 Å². The standard InChI is InChI=1S/C22H23F2N5O2/c1-13-8-15(10-17(9-13)27-22-25-7-6-19(28-22)20(23)24)16-11-26-29(12-16)18-4-2-14(3-5-18)21(30)31/h6-12,14,18,20H,2-5H2,1H3,(H,30,31)(H,25,27,28)/t14-,18+. The lowest BCUT2D eigenvalue weighted by Crippen LogP contribution is -2.23. The van der Waals surface area contributed by atoms with Crippen molar-refractivity contribution in [1.29, 1.82) is 0 Å². The summed E-state index contributed by atoms with van der Waals surface area (Å²) in [5.41, 5.74) is 3.20. The lowest BCUT2D eigenvalue weighted by molar-refractivity contribution is -0.143. The minimum absolute atomic E-state index is 0.111. The molecule has 1 aliphatic rings. The van der Waals surface area contributed by atoms with Crippen molar-refractivity contribution in [3.63, 3.8) is 0 Å². The average Bonchev–Trinajstić information content (AvgIpc) is 3.24. The summed E-state index contributed by atoms with van der Waals surface area (Å²) in [5, 5.41) is 16.7. The second kappa shape index (κ2) is 8.79. The lowest BCUT2D eigenvalue weighted by Gasteiger charge is -2.26. The molecule has 162 valence electrons. The molecule has 0 bridgehead atoms. The number of aryl methyl sites for hydroxylation is 1. The largest absolute Gasteiger partial charge is 0.481 e. The fourth-order valence-corrected chi connectivity index (χ4v) is 3.98. The van der Waals surface area contributed by atoms with Crippen LogP contribution in [0.2, 0.25) is 0 Å². The number of rotatable bonds is 6. The van der Waals surface area contributed by atoms with Crippen molar-refractivity contribution in [2.24, 2.45) is 5.92 Å². The first-order valence-corrected chi connectivity index (χ1v) is 10.2. The van der Waals surface area contributed by atoms with Crippen LogP contribution in [0.25, 0.3) is 11.1 Å². The van der Waals surface area contributed by atoms with E-state index in [4.69, 9.17) is 0 Å². The number of nitrogens with one attached hydrogen (secondary N) is 1. The van der Waals surface area contributed by atoms with E-state index in [-0.39, 0.29) is 23.6 Å². The van der Waals surface area contributed by atoms with Gasteiger partial charge in [-0.1, -0.05) is 6.07 Å². The van der Waals surface area contributed by atoms with E-state index in [1.165, 1.54) is 12.3 Å². The number of aliphatic carboxylic acids is 1. The third kappa shape index (κ3) is 4.87. The molecule has 31 heavy (non-hydrogen) atoms. The maximum atomic E-state index is 12.9. The van der Waals surface area contributed by atoms with Gasteiger partial charge in [-0.25, -0.2) is 18.7 Å². The molecule has 3 aromatic rings. The van der Waals surface area contributed by atoms with Crippen molar-refractivity contribution in [1.82, 2.24) is 19.7 Å². The van der Waals surface area contributed by atoms with Gasteiger partial charge in [-0.3, -0.25) is 9.48 Å². The van der Waals surface area contributed by atoms with Crippen LogP contribution in [0, 0.1) is 12.8 Å². The minimum atomic E-state index is -2.66. The zero-order valence-corrected chi connectivity index (χ0v) is 17.0. The highest BCUT2D eigenvalue weighted by atomic mass is 19.3. The van der Waals surface area contributed by atoms with Crippen LogP contribution in [0.5, 0.6) is 0 Å². The fraction of sp³-hybridized carbons (Fsp3) is 0.364. The Hall–Kier alpha value is -3.36. The Balaban J connectivity index is 1.51. The number of hydrogen-bond acceptors (Lipinski definition) is 5. The van der Waals surface area contributed by atoms with Gasteiger partial charge in [0.25, 0.3) is 6.43 Å². The molecular formula is C22H23F2N5O2. The predicted octanol–water partition coefficient (Wildman–Crippen LogP) is 5.15. The van der Waals surface area contributed by atoms with Crippen LogP contribution in [-0.2, 0) is 4.79 Å². The molecule has 0 saturated heterocycles. The number of anilines is 2. The third-order valence-corrected chi connectivity index (χ3v) is 5.59. The Morgan fingerprint density at radius 1 is 1.19 bits per heavy atom. The minimum Gasteiger partial charge on any atom is -0.481 e. The molecule has 1 aromatic carbocycles. The molecule has 0 radical (unpaired) electrons. The second-order valence-electron chi connectivity index (χ2n) is 7.87. The topological polar surface area (TPSA) is 92.9 Å². The number of carboxylic acids is 1. The van der Waals surface area contributed by atoms with Crippen molar-refractivity contribution in [3.8, 4) is 11.1 Å². The smallest absolute Gasteiger partial charge is 0.306 e. The molecule has 1 fully saturated rings. The zero-order valence-electron chi connectivity index (χ0n) is 17.0. The summed E-state index contributed by atoms with van der Waals surface area (Å²) in [4.78, 5) is 19.0. The highest BCUT2D eigenvalue weighted by molar-refractivity contribution is 5.70. The zero-order chi connectivity index (χ0) is 22.0. The van der Waals surface area contributed by atoms with Gasteiger partial charge in [-0.2, -0.15) is 5.10 Å². The van der Waals surface area contributed by atoms with Crippen molar-refractivity contribution >= 4 is 17.6 Å². The van der Waals surface area contributed by atoms with E-state index in [0.717, 1.165) is 29.5 Å². The van der Waals surface area contributed by atoms with Crippen LogP contribution in [-0.4, -0.2) is 30.8 Å². The highest BCUT2D eigenvalue weighted by Gasteiger charge is 2.27. The van der Waals surface area contributed by atoms with Gasteiger partial charge in [0.2, 0.25) is 5.95 Å². The Kier molecular flexibility index (Phi) is 5.92. The van der Waals surface area contributed by atoms with Gasteiger partial charge >= 0.3 is 5.97 Å². The number of carboxylic acid groups (broad SMARTS) is 1. The summed E-state index contributed by atoms with van der Waals surface area (Å²) >= 11 is 0. The first-order valence-electron chi connectivity index (χ1n) is 10.2. The summed E-state index contributed by atoms with van der Waals surface area (Å²) in [5.74, 6) is -0.870. The van der Waals surface area contributed by atoms with Gasteiger partial charge in [0.1, 0.15) is 5.69 Å². The highest BCUT2D eigenvalue weighted by Crippen LogP contribution is 2.33. The van der Waals surface area contributed by atoms with E-state index in [2.05, 4.69) is 20.4 Å². The molecule has 0 atom stereocenters. The van der Waals surface area contributed by atoms with Crippen molar-refractivity contribution in [2.45, 2.75) is 45.1 Å². The monoisotopic (exact) mass is 427 g/mol. The van der Waals surface area contributed by atoms with E-state index in [1.807, 2.05) is 36.0 Å². The number of nitrogens with zero attached hydrogens (tertiary/aromatic N) is 4. The molecule has 2 aromatic heterocycles. The summed E-state index contributed by atoms with van der Waals surface area (Å²) in [6.45, 7) is 1.95. The molecule has 2 heterocycles. The summed E-state index contributed by atoms with van der Waals surface area (Å²) < 4.78 is 27.7. The van der Waals surface area contributed by atoms with Crippen LogP contribution in [0.4, 0.5) is 20.4 Å². The van der Waals surface area contributed by atoms with Crippen molar-refractivity contribution in [2.75, 3.05) is 5.32 Å². The SMILES string of the molecule is Cc1cc(Nc2nccc(C(F)F)n2)cc(-c2cnn([C@H]3CC[C@@H](C(=O)O)CC3)c2)c1. The Bertz CT molecular complexity index is 1080. The maximum Gasteiger partial charge on any atom is 0.306 e. The summed E-state index contributed by atoms with van der Waals surface area (Å²) in [6, 6.07) is 7.19. The first kappa shape index (κ1) is 20.9. The number of alkyl halides is 2. The molecule has 2 N–H and O–H groups in total. The predicted molar refractivity (Wildman–Crippen MR) is 111 cm³/mol. The second-order valence-corrected chi connectivity index (χ2v) is 7.87. The van der Waals surface area contributed by atoms with Gasteiger partial charge in [-0.15, -0.1) is 0 Å². The Morgan fingerprint density at radius 2 is 1.97 bits per heavy atom. The summed E-state index contributed by atoms with van der Waals surface area (Å²) in [6.07, 6.45) is 5.29. The fourth-order valence-electron chi connectivity index (χ4n) is 3.98. The first-order chi connectivity index (χ1) is 14.9. The van der Waals surface area contributed by atoms with E-state index in [1.54, 1.807) is 6.20 Å². The molecule has 0 aliphatic heterocycles. The van der Waals surface area contributed by atoms with Crippen LogP contribution in [0.3, 0.4) is 0 Å². The van der Waals surface area contributed by atoms with Crippen LogP contribution in [0.15, 0.2) is 42.9 Å². The number of halogens is 2. The lowest BCUT2D eigenvalue weighted by atomic mass is 9.86. The number of carbonyl (C=O) groups is 1. The molecule has 0 unspecified atom stereocenters. The quantitative estimate of drug-likeness (QED) is 0.565. The van der Waals surface area contributed by atoms with Crippen LogP contribution >= 0.6 is 0 Å². The van der Waals surface area contributed by atoms with E-state index in [0.29, 0.717) is 18.5 Å². The molecule has 1 aliphatic carbocycles. The molecule has 0 amide bonds. The summed E-state index contributed by atoms with van der Waals surface area (Å²) in [7, 11) is 0. The Labute approximate surface area is 178 Å². The van der Waals surface area contributed by atoms with Gasteiger partial charge in [0.05, 0.1) is 18.2 Å². The molecule has 4 rings (SSSR count). The maximum absolute atomic E-state index is 12.9. The molecule has 0 spiro atoms.